The van der Waals surface area contributed by atoms with Crippen molar-refractivity contribution in [3.63, 3.8) is 0 Å². The molecular weight excluding hydrogens is 226 g/mol. The first-order chi connectivity index (χ1) is 8.60. The Morgan fingerprint density at radius 2 is 1.83 bits per heavy atom. The lowest BCUT2D eigenvalue weighted by atomic mass is 10.2. The molecule has 1 aromatic heterocycles. The van der Waals surface area contributed by atoms with Crippen LogP contribution in [0.4, 0.5) is 0 Å². The molecule has 2 aromatic rings. The van der Waals surface area contributed by atoms with Gasteiger partial charge in [0.05, 0.1) is 5.69 Å². The number of hydrogen-bond acceptors (Lipinski definition) is 3. The monoisotopic (exact) mass is 243 g/mol. The zero-order chi connectivity index (χ0) is 13.1. The third-order valence-corrected chi connectivity index (χ3v) is 2.78. The van der Waals surface area contributed by atoms with E-state index in [0.717, 1.165) is 34.9 Å². The van der Waals surface area contributed by atoms with Crippen molar-refractivity contribution < 1.29 is 9.84 Å². The van der Waals surface area contributed by atoms with E-state index in [2.05, 4.69) is 11.9 Å². The van der Waals surface area contributed by atoms with E-state index >= 15 is 0 Å². The van der Waals surface area contributed by atoms with E-state index in [1.807, 2.05) is 26.0 Å². The Kier molecular flexibility index (Phi) is 3.51. The number of benzene rings is 1. The van der Waals surface area contributed by atoms with Crippen LogP contribution in [0.25, 0.3) is 0 Å². The molecule has 0 unspecified atom stereocenters. The van der Waals surface area contributed by atoms with E-state index in [1.54, 1.807) is 18.2 Å². The second kappa shape index (κ2) is 5.08. The van der Waals surface area contributed by atoms with Crippen LogP contribution in [0.5, 0.6) is 17.2 Å². The number of pyridine rings is 1. The number of aromatic nitrogens is 1. The van der Waals surface area contributed by atoms with Gasteiger partial charge in [-0.15, -0.1) is 0 Å². The summed E-state index contributed by atoms with van der Waals surface area (Å²) in [4.78, 5) is 4.46. The molecule has 1 N–H and O–H groups in total. The zero-order valence-corrected chi connectivity index (χ0v) is 10.9. The van der Waals surface area contributed by atoms with Gasteiger partial charge in [0.2, 0.25) is 0 Å². The van der Waals surface area contributed by atoms with Crippen LogP contribution < -0.4 is 4.74 Å². The zero-order valence-electron chi connectivity index (χ0n) is 10.9. The molecule has 0 spiro atoms. The first kappa shape index (κ1) is 12.4. The minimum absolute atomic E-state index is 0.248. The molecule has 1 aromatic carbocycles. The fourth-order valence-electron chi connectivity index (χ4n) is 1.81. The fraction of sp³-hybridized carbons (Fsp3) is 0.267. The number of rotatable bonds is 3. The highest BCUT2D eigenvalue weighted by molar-refractivity contribution is 5.42. The van der Waals surface area contributed by atoms with Crippen molar-refractivity contribution in [3.8, 4) is 17.2 Å². The van der Waals surface area contributed by atoms with E-state index < -0.39 is 0 Å². The molecule has 2 rings (SSSR count). The molecular formula is C15H17NO2. The number of aromatic hydroxyl groups is 1. The summed E-state index contributed by atoms with van der Waals surface area (Å²) in [7, 11) is 0. The first-order valence-corrected chi connectivity index (χ1v) is 6.04. The number of ether oxygens (including phenoxy) is 1. The number of aryl methyl sites for hydroxylation is 3. The Morgan fingerprint density at radius 3 is 2.50 bits per heavy atom. The second-order valence-electron chi connectivity index (χ2n) is 4.30. The molecule has 0 saturated heterocycles. The summed E-state index contributed by atoms with van der Waals surface area (Å²) in [6.45, 7) is 5.93. The van der Waals surface area contributed by atoms with Gasteiger partial charge in [-0.25, -0.2) is 0 Å². The summed E-state index contributed by atoms with van der Waals surface area (Å²) in [5.74, 6) is 1.77. The number of hydrogen-bond donors (Lipinski definition) is 1. The number of nitrogens with zero attached hydrogens (tertiary/aromatic N) is 1. The van der Waals surface area contributed by atoms with Crippen molar-refractivity contribution in [2.24, 2.45) is 0 Å². The summed E-state index contributed by atoms with van der Waals surface area (Å²) in [6.07, 6.45) is 0.828. The summed E-state index contributed by atoms with van der Waals surface area (Å²) >= 11 is 0. The van der Waals surface area contributed by atoms with Crippen LogP contribution in [-0.4, -0.2) is 10.1 Å². The smallest absolute Gasteiger partial charge is 0.148 e. The Hall–Kier alpha value is -2.03. The largest absolute Gasteiger partial charge is 0.508 e. The molecule has 0 bridgehead atoms. The average Bonchev–Trinajstić information content (AvgIpc) is 2.34. The van der Waals surface area contributed by atoms with Gasteiger partial charge in [0.25, 0.3) is 0 Å². The minimum Gasteiger partial charge on any atom is -0.508 e. The van der Waals surface area contributed by atoms with Gasteiger partial charge in [-0.2, -0.15) is 0 Å². The van der Waals surface area contributed by atoms with Gasteiger partial charge in [-0.3, -0.25) is 4.98 Å². The van der Waals surface area contributed by atoms with Crippen LogP contribution in [0.1, 0.15) is 23.9 Å². The molecule has 18 heavy (non-hydrogen) atoms. The SMILES string of the molecule is CCc1nc(C)ccc1Oc1ccc(O)cc1C. The van der Waals surface area contributed by atoms with Crippen molar-refractivity contribution in [2.75, 3.05) is 0 Å². The molecule has 94 valence electrons. The molecule has 1 heterocycles. The van der Waals surface area contributed by atoms with Crippen molar-refractivity contribution in [1.82, 2.24) is 4.98 Å². The highest BCUT2D eigenvalue weighted by atomic mass is 16.5. The molecule has 3 nitrogen and oxygen atoms in total. The molecule has 0 atom stereocenters. The lowest BCUT2D eigenvalue weighted by Crippen LogP contribution is -1.96. The third kappa shape index (κ3) is 2.62. The molecule has 0 aliphatic rings. The quantitative estimate of drug-likeness (QED) is 0.892. The van der Waals surface area contributed by atoms with Crippen LogP contribution >= 0.6 is 0 Å². The van der Waals surface area contributed by atoms with Gasteiger partial charge < -0.3 is 9.84 Å². The number of phenols is 1. The maximum atomic E-state index is 9.37. The number of phenolic OH excluding ortho intramolecular Hbond substituents is 1. The first-order valence-electron chi connectivity index (χ1n) is 6.04. The van der Waals surface area contributed by atoms with Crippen molar-refractivity contribution in [2.45, 2.75) is 27.2 Å². The highest BCUT2D eigenvalue weighted by Crippen LogP contribution is 2.29. The Labute approximate surface area is 107 Å². The van der Waals surface area contributed by atoms with Gasteiger partial charge in [-0.05, 0) is 56.2 Å². The molecule has 3 heteroatoms. The summed E-state index contributed by atoms with van der Waals surface area (Å²) in [5, 5.41) is 9.37. The molecule has 0 saturated carbocycles. The average molecular weight is 243 g/mol. The van der Waals surface area contributed by atoms with E-state index in [0.29, 0.717) is 0 Å². The molecule has 0 radical (unpaired) electrons. The fourth-order valence-corrected chi connectivity index (χ4v) is 1.81. The summed E-state index contributed by atoms with van der Waals surface area (Å²) in [5.41, 5.74) is 2.83. The lowest BCUT2D eigenvalue weighted by Gasteiger charge is -2.12. The molecule has 0 fully saturated rings. The maximum Gasteiger partial charge on any atom is 0.148 e. The summed E-state index contributed by atoms with van der Waals surface area (Å²) < 4.78 is 5.87. The standard InChI is InChI=1S/C15H17NO2/c1-4-13-15(7-5-11(3)16-13)18-14-8-6-12(17)9-10(14)2/h5-9,17H,4H2,1-3H3. The minimum atomic E-state index is 0.248. The predicted molar refractivity (Wildman–Crippen MR) is 71.3 cm³/mol. The van der Waals surface area contributed by atoms with E-state index in [4.69, 9.17) is 4.74 Å². The van der Waals surface area contributed by atoms with Crippen LogP contribution in [0.3, 0.4) is 0 Å². The van der Waals surface area contributed by atoms with Crippen LogP contribution in [0.15, 0.2) is 30.3 Å². The van der Waals surface area contributed by atoms with Crippen LogP contribution in [-0.2, 0) is 6.42 Å². The third-order valence-electron chi connectivity index (χ3n) is 2.78. The molecule has 0 aliphatic carbocycles. The Balaban J connectivity index is 2.33. The lowest BCUT2D eigenvalue weighted by molar-refractivity contribution is 0.457. The Bertz CT molecular complexity index is 564. The topological polar surface area (TPSA) is 42.4 Å². The van der Waals surface area contributed by atoms with E-state index in [1.165, 1.54) is 0 Å². The van der Waals surface area contributed by atoms with Gasteiger partial charge in [0.15, 0.2) is 0 Å². The van der Waals surface area contributed by atoms with Gasteiger partial charge in [0.1, 0.15) is 17.2 Å². The van der Waals surface area contributed by atoms with Gasteiger partial charge in [-0.1, -0.05) is 6.92 Å². The molecule has 0 amide bonds. The summed E-state index contributed by atoms with van der Waals surface area (Å²) in [6, 6.07) is 8.94. The van der Waals surface area contributed by atoms with E-state index in [-0.39, 0.29) is 5.75 Å². The van der Waals surface area contributed by atoms with Crippen molar-refractivity contribution in [3.05, 3.63) is 47.3 Å². The van der Waals surface area contributed by atoms with Crippen molar-refractivity contribution in [1.29, 1.82) is 0 Å². The second-order valence-corrected chi connectivity index (χ2v) is 4.30. The normalized spacial score (nSPS) is 10.4. The maximum absolute atomic E-state index is 9.37. The highest BCUT2D eigenvalue weighted by Gasteiger charge is 2.07. The molecule has 0 aliphatic heterocycles. The van der Waals surface area contributed by atoms with Crippen molar-refractivity contribution >= 4 is 0 Å². The van der Waals surface area contributed by atoms with Crippen LogP contribution in [0, 0.1) is 13.8 Å². The van der Waals surface area contributed by atoms with E-state index in [9.17, 15) is 5.11 Å². The Morgan fingerprint density at radius 1 is 1.11 bits per heavy atom. The van der Waals surface area contributed by atoms with Crippen LogP contribution in [0.2, 0.25) is 0 Å². The predicted octanol–water partition coefficient (Wildman–Crippen LogP) is 3.76. The van der Waals surface area contributed by atoms with Gasteiger partial charge in [0, 0.05) is 5.69 Å². The van der Waals surface area contributed by atoms with Gasteiger partial charge >= 0.3 is 0 Å².